The molecule has 0 saturated carbocycles. The van der Waals surface area contributed by atoms with E-state index in [-0.39, 0.29) is 35.6 Å². The summed E-state index contributed by atoms with van der Waals surface area (Å²) < 4.78 is 25.7. The third kappa shape index (κ3) is 9.48. The summed E-state index contributed by atoms with van der Waals surface area (Å²) in [5, 5.41) is 0.0640. The molecule has 0 spiro atoms. The first-order valence-corrected chi connectivity index (χ1v) is 17.9. The zero-order valence-electron chi connectivity index (χ0n) is 27.2. The first-order valence-electron chi connectivity index (χ1n) is 14.9. The van der Waals surface area contributed by atoms with Crippen LogP contribution >= 0.6 is 0 Å². The highest BCUT2D eigenvalue weighted by Crippen LogP contribution is 2.40. The second-order valence-electron chi connectivity index (χ2n) is 14.3. The van der Waals surface area contributed by atoms with Crippen molar-refractivity contribution in [3.8, 4) is 0 Å². The van der Waals surface area contributed by atoms with Gasteiger partial charge in [-0.25, -0.2) is 0 Å². The van der Waals surface area contributed by atoms with Crippen molar-refractivity contribution in [3.63, 3.8) is 0 Å². The third-order valence-electron chi connectivity index (χ3n) is 8.22. The molecular formula is C34H53NO5Si. The Hall–Kier alpha value is -2.03. The Morgan fingerprint density at radius 2 is 1.51 bits per heavy atom. The van der Waals surface area contributed by atoms with Crippen LogP contribution in [0.3, 0.4) is 0 Å². The Bertz CT molecular complexity index is 1110. The summed E-state index contributed by atoms with van der Waals surface area (Å²) in [7, 11) is -2.05. The lowest BCUT2D eigenvalue weighted by molar-refractivity contribution is -0.165. The van der Waals surface area contributed by atoms with Gasteiger partial charge < -0.3 is 18.6 Å². The minimum Gasteiger partial charge on any atom is -0.460 e. The summed E-state index contributed by atoms with van der Waals surface area (Å²) >= 11 is 0. The van der Waals surface area contributed by atoms with Crippen LogP contribution in [0.2, 0.25) is 18.1 Å². The molecule has 1 aliphatic rings. The van der Waals surface area contributed by atoms with Crippen molar-refractivity contribution < 1.29 is 23.4 Å². The minimum absolute atomic E-state index is 0.00175. The van der Waals surface area contributed by atoms with Crippen LogP contribution in [-0.2, 0) is 30.0 Å². The van der Waals surface area contributed by atoms with Crippen LogP contribution in [0.5, 0.6) is 0 Å². The van der Waals surface area contributed by atoms with Crippen molar-refractivity contribution in [3.05, 3.63) is 71.8 Å². The average molecular weight is 584 g/mol. The maximum absolute atomic E-state index is 13.5. The van der Waals surface area contributed by atoms with Crippen LogP contribution < -0.4 is 0 Å². The summed E-state index contributed by atoms with van der Waals surface area (Å²) in [5.74, 6) is -1.06. The van der Waals surface area contributed by atoms with Gasteiger partial charge in [0.05, 0.1) is 19.1 Å². The lowest BCUT2D eigenvalue weighted by Crippen LogP contribution is -2.52. The Kier molecular flexibility index (Phi) is 10.7. The Morgan fingerprint density at radius 1 is 0.951 bits per heavy atom. The fourth-order valence-corrected chi connectivity index (χ4v) is 6.07. The predicted octanol–water partition coefficient (Wildman–Crippen LogP) is 7.89. The topological polar surface area (TPSA) is 57.2 Å². The molecule has 0 N–H and O–H groups in total. The molecule has 3 rings (SSSR count). The molecule has 0 amide bonds. The smallest absolute Gasteiger partial charge is 0.308 e. The molecule has 4 atom stereocenters. The highest BCUT2D eigenvalue weighted by molar-refractivity contribution is 6.74. The van der Waals surface area contributed by atoms with Crippen molar-refractivity contribution >= 4 is 14.3 Å². The summed E-state index contributed by atoms with van der Waals surface area (Å²) in [6, 6.07) is 20.5. The van der Waals surface area contributed by atoms with Gasteiger partial charge in [0.2, 0.25) is 0 Å². The standard InChI is InChI=1S/C34H53NO5Si/c1-25(27-20-16-13-17-21-27)35(23-26-18-14-12-15-19-26)28(22-30(36)39-32(2,3)4)31-29(38-34(8,9)40-31)24-37-41(10,11)33(5,6)7/h12-21,25,28-29,31H,22-24H2,1-11H3/t25-,28+,29-,31-/m0/s1. The van der Waals surface area contributed by atoms with Crippen LogP contribution in [0.15, 0.2) is 60.7 Å². The monoisotopic (exact) mass is 583 g/mol. The molecule has 1 aliphatic heterocycles. The van der Waals surface area contributed by atoms with E-state index >= 15 is 0 Å². The molecule has 1 saturated heterocycles. The zero-order chi connectivity index (χ0) is 30.6. The van der Waals surface area contributed by atoms with Gasteiger partial charge in [0.1, 0.15) is 17.8 Å². The highest BCUT2D eigenvalue weighted by atomic mass is 28.4. The summed E-state index contributed by atoms with van der Waals surface area (Å²) in [6.07, 6.45) is -0.577. The number of rotatable bonds is 11. The summed E-state index contributed by atoms with van der Waals surface area (Å²) in [6.45, 7) is 24.1. The van der Waals surface area contributed by atoms with E-state index in [0.717, 1.165) is 5.56 Å². The largest absolute Gasteiger partial charge is 0.460 e. The molecule has 0 radical (unpaired) electrons. The summed E-state index contributed by atoms with van der Waals surface area (Å²) in [4.78, 5) is 15.9. The number of nitrogens with zero attached hydrogens (tertiary/aromatic N) is 1. The lowest BCUT2D eigenvalue weighted by Gasteiger charge is -2.41. The van der Waals surface area contributed by atoms with Gasteiger partial charge in [-0.15, -0.1) is 0 Å². The molecule has 1 heterocycles. The van der Waals surface area contributed by atoms with Crippen LogP contribution in [-0.4, -0.2) is 55.4 Å². The number of benzene rings is 2. The Labute approximate surface area is 249 Å². The third-order valence-corrected chi connectivity index (χ3v) is 12.7. The van der Waals surface area contributed by atoms with Gasteiger partial charge in [0, 0.05) is 12.6 Å². The number of hydrogen-bond donors (Lipinski definition) is 0. The van der Waals surface area contributed by atoms with Crippen LogP contribution in [0.25, 0.3) is 0 Å². The molecule has 0 aromatic heterocycles. The van der Waals surface area contributed by atoms with E-state index in [1.54, 1.807) is 0 Å². The second kappa shape index (κ2) is 13.1. The maximum Gasteiger partial charge on any atom is 0.308 e. The molecule has 6 nitrogen and oxygen atoms in total. The molecule has 0 aliphatic carbocycles. The van der Waals surface area contributed by atoms with Crippen LogP contribution in [0.4, 0.5) is 0 Å². The minimum atomic E-state index is -2.05. The second-order valence-corrected chi connectivity index (χ2v) is 19.1. The number of ether oxygens (including phenoxy) is 3. The molecule has 228 valence electrons. The normalized spacial score (nSPS) is 21.1. The van der Waals surface area contributed by atoms with Gasteiger partial charge >= 0.3 is 5.97 Å². The van der Waals surface area contributed by atoms with Crippen molar-refractivity contribution in [1.29, 1.82) is 0 Å². The van der Waals surface area contributed by atoms with Gasteiger partial charge in [-0.2, -0.15) is 0 Å². The molecule has 0 bridgehead atoms. The zero-order valence-corrected chi connectivity index (χ0v) is 28.2. The number of carbonyl (C=O) groups excluding carboxylic acids is 1. The maximum atomic E-state index is 13.5. The SMILES string of the molecule is C[C@@H](c1ccccc1)N(Cc1ccccc1)[C@H](CC(=O)OC(C)(C)C)[C@@H]1OC(C)(C)O[C@H]1CO[Si](C)(C)C(C)(C)C. The highest BCUT2D eigenvalue weighted by Gasteiger charge is 2.49. The first-order chi connectivity index (χ1) is 18.9. The van der Waals surface area contributed by atoms with Crippen molar-refractivity contribution in [1.82, 2.24) is 4.90 Å². The predicted molar refractivity (Wildman–Crippen MR) is 168 cm³/mol. The van der Waals surface area contributed by atoms with Crippen molar-refractivity contribution in [2.24, 2.45) is 0 Å². The first kappa shape index (κ1) is 33.5. The number of carbonyl (C=O) groups is 1. The Morgan fingerprint density at radius 3 is 2.05 bits per heavy atom. The van der Waals surface area contributed by atoms with Crippen molar-refractivity contribution in [2.75, 3.05) is 6.61 Å². The van der Waals surface area contributed by atoms with Crippen LogP contribution in [0, 0.1) is 0 Å². The van der Waals surface area contributed by atoms with Crippen molar-refractivity contribution in [2.45, 2.75) is 129 Å². The van der Waals surface area contributed by atoms with E-state index in [9.17, 15) is 4.79 Å². The molecule has 41 heavy (non-hydrogen) atoms. The molecular weight excluding hydrogens is 530 g/mol. The summed E-state index contributed by atoms with van der Waals surface area (Å²) in [5.41, 5.74) is 1.75. The van der Waals surface area contributed by atoms with Crippen LogP contribution in [0.1, 0.15) is 85.9 Å². The fraction of sp³-hybridized carbons (Fsp3) is 0.618. The van der Waals surface area contributed by atoms with E-state index in [2.05, 4.69) is 94.2 Å². The van der Waals surface area contributed by atoms with E-state index in [1.165, 1.54) is 5.56 Å². The molecule has 2 aromatic carbocycles. The lowest BCUT2D eigenvalue weighted by atomic mass is 9.95. The van der Waals surface area contributed by atoms with E-state index < -0.39 is 25.8 Å². The van der Waals surface area contributed by atoms with E-state index in [0.29, 0.717) is 13.2 Å². The van der Waals surface area contributed by atoms with Gasteiger partial charge in [0.25, 0.3) is 0 Å². The van der Waals surface area contributed by atoms with Gasteiger partial charge in [0.15, 0.2) is 14.1 Å². The molecule has 7 heteroatoms. The quantitative estimate of drug-likeness (QED) is 0.198. The van der Waals surface area contributed by atoms with E-state index in [4.69, 9.17) is 18.6 Å². The van der Waals surface area contributed by atoms with E-state index in [1.807, 2.05) is 46.8 Å². The molecule has 1 fully saturated rings. The number of esters is 1. The number of hydrogen-bond acceptors (Lipinski definition) is 6. The van der Waals surface area contributed by atoms with Gasteiger partial charge in [-0.1, -0.05) is 81.4 Å². The van der Waals surface area contributed by atoms with Gasteiger partial charge in [-0.3, -0.25) is 9.69 Å². The molecule has 0 unspecified atom stereocenters. The van der Waals surface area contributed by atoms with Gasteiger partial charge in [-0.05, 0) is 70.8 Å². The Balaban J connectivity index is 2.05. The average Bonchev–Trinajstić information content (AvgIpc) is 3.18. The fourth-order valence-electron chi connectivity index (χ4n) is 5.06. The molecule has 2 aromatic rings.